The molecule has 0 N–H and O–H groups in total. The Kier molecular flexibility index (Phi) is 6.46. The van der Waals surface area contributed by atoms with Gasteiger partial charge in [-0.15, -0.1) is 0 Å². The molecule has 126 valence electrons. The molecule has 0 aliphatic heterocycles. The molecule has 23 heavy (non-hydrogen) atoms. The second-order valence-electron chi connectivity index (χ2n) is 5.70. The molecule has 0 amide bonds. The lowest BCUT2D eigenvalue weighted by Gasteiger charge is -2.11. The fourth-order valence-corrected chi connectivity index (χ4v) is 3.84. The minimum Gasteiger partial charge on any atom is -0.497 e. The molecule has 2 aromatic rings. The van der Waals surface area contributed by atoms with Crippen molar-refractivity contribution in [3.05, 3.63) is 41.2 Å². The molecule has 4 heteroatoms. The van der Waals surface area contributed by atoms with Crippen molar-refractivity contribution in [2.75, 3.05) is 14.2 Å². The van der Waals surface area contributed by atoms with Crippen LogP contribution in [0.15, 0.2) is 34.1 Å². The van der Waals surface area contributed by atoms with E-state index >= 15 is 0 Å². The molecule has 0 bridgehead atoms. The maximum atomic E-state index is 5.63. The minimum absolute atomic E-state index is 0.889. The summed E-state index contributed by atoms with van der Waals surface area (Å²) in [5, 5.41) is 0. The van der Waals surface area contributed by atoms with Crippen LogP contribution >= 0.6 is 11.8 Å². The van der Waals surface area contributed by atoms with Crippen LogP contribution in [0.5, 0.6) is 5.75 Å². The highest BCUT2D eigenvalue weighted by molar-refractivity contribution is 7.99. The van der Waals surface area contributed by atoms with Gasteiger partial charge in [0.1, 0.15) is 12.9 Å². The number of rotatable bonds is 8. The molecule has 0 aliphatic rings. The van der Waals surface area contributed by atoms with Crippen LogP contribution in [0.25, 0.3) is 0 Å². The highest BCUT2D eigenvalue weighted by Crippen LogP contribution is 2.37. The van der Waals surface area contributed by atoms with E-state index in [1.807, 2.05) is 28.6 Å². The van der Waals surface area contributed by atoms with Gasteiger partial charge in [-0.1, -0.05) is 31.5 Å². The van der Waals surface area contributed by atoms with Crippen LogP contribution < -0.4 is 9.57 Å². The number of benzene rings is 1. The molecule has 2 rings (SSSR count). The lowest BCUT2D eigenvalue weighted by molar-refractivity contribution is 0.153. The Labute approximate surface area is 143 Å². The summed E-state index contributed by atoms with van der Waals surface area (Å²) < 4.78 is 7.24. The van der Waals surface area contributed by atoms with Gasteiger partial charge in [0.05, 0.1) is 18.5 Å². The van der Waals surface area contributed by atoms with Crippen LogP contribution in [0, 0.1) is 13.8 Å². The molecule has 0 spiro atoms. The average molecular weight is 333 g/mol. The summed E-state index contributed by atoms with van der Waals surface area (Å²) in [4.78, 5) is 8.17. The normalized spacial score (nSPS) is 10.8. The SMILES string of the molecule is CCCCCc1c(Sc2ccc(OC)cc2)c(C)c(C)n1OC. The Balaban J connectivity index is 2.31. The lowest BCUT2D eigenvalue weighted by Crippen LogP contribution is -2.11. The van der Waals surface area contributed by atoms with Gasteiger partial charge in [-0.05, 0) is 56.5 Å². The first-order valence-electron chi connectivity index (χ1n) is 8.19. The summed E-state index contributed by atoms with van der Waals surface area (Å²) in [6.07, 6.45) is 4.72. The molecule has 1 aromatic carbocycles. The van der Waals surface area contributed by atoms with Gasteiger partial charge in [-0.2, -0.15) is 4.73 Å². The summed E-state index contributed by atoms with van der Waals surface area (Å²) in [7, 11) is 3.44. The summed E-state index contributed by atoms with van der Waals surface area (Å²) in [6.45, 7) is 6.54. The van der Waals surface area contributed by atoms with Crippen molar-refractivity contribution < 1.29 is 9.57 Å². The molecule has 0 atom stereocenters. The molecule has 0 saturated heterocycles. The van der Waals surface area contributed by atoms with E-state index in [-0.39, 0.29) is 0 Å². The molecule has 3 nitrogen and oxygen atoms in total. The topological polar surface area (TPSA) is 23.4 Å². The fraction of sp³-hybridized carbons (Fsp3) is 0.474. The Morgan fingerprint density at radius 3 is 2.30 bits per heavy atom. The fourth-order valence-electron chi connectivity index (χ4n) is 2.73. The Morgan fingerprint density at radius 1 is 1.04 bits per heavy atom. The van der Waals surface area contributed by atoms with Crippen molar-refractivity contribution in [2.45, 2.75) is 56.2 Å². The summed E-state index contributed by atoms with van der Waals surface area (Å²) >= 11 is 1.81. The van der Waals surface area contributed by atoms with Gasteiger partial charge in [0, 0.05) is 9.79 Å². The van der Waals surface area contributed by atoms with E-state index in [1.165, 1.54) is 46.0 Å². The average Bonchev–Trinajstić information content (AvgIpc) is 2.80. The van der Waals surface area contributed by atoms with Crippen LogP contribution in [-0.4, -0.2) is 19.0 Å². The zero-order chi connectivity index (χ0) is 16.8. The van der Waals surface area contributed by atoms with E-state index in [1.54, 1.807) is 14.2 Å². The van der Waals surface area contributed by atoms with Crippen molar-refractivity contribution in [1.29, 1.82) is 0 Å². The first-order chi connectivity index (χ1) is 11.1. The van der Waals surface area contributed by atoms with Gasteiger partial charge in [0.2, 0.25) is 0 Å². The molecule has 0 fully saturated rings. The third kappa shape index (κ3) is 4.05. The van der Waals surface area contributed by atoms with E-state index in [4.69, 9.17) is 9.57 Å². The minimum atomic E-state index is 0.889. The first kappa shape index (κ1) is 17.8. The number of ether oxygens (including phenoxy) is 1. The van der Waals surface area contributed by atoms with Crippen molar-refractivity contribution in [1.82, 2.24) is 4.73 Å². The van der Waals surface area contributed by atoms with Crippen molar-refractivity contribution >= 4 is 11.8 Å². The van der Waals surface area contributed by atoms with Gasteiger partial charge in [-0.25, -0.2) is 0 Å². The Hall–Kier alpha value is -1.55. The highest BCUT2D eigenvalue weighted by Gasteiger charge is 2.19. The largest absolute Gasteiger partial charge is 0.497 e. The summed E-state index contributed by atoms with van der Waals surface area (Å²) in [5.74, 6) is 0.889. The third-order valence-electron chi connectivity index (χ3n) is 4.17. The van der Waals surface area contributed by atoms with E-state index in [0.29, 0.717) is 0 Å². The zero-order valence-corrected chi connectivity index (χ0v) is 15.6. The van der Waals surface area contributed by atoms with Gasteiger partial charge in [0.25, 0.3) is 0 Å². The monoisotopic (exact) mass is 333 g/mol. The quantitative estimate of drug-likeness (QED) is 0.631. The second-order valence-corrected chi connectivity index (χ2v) is 6.78. The van der Waals surface area contributed by atoms with Crippen molar-refractivity contribution in [3.63, 3.8) is 0 Å². The molecule has 1 aromatic heterocycles. The van der Waals surface area contributed by atoms with Gasteiger partial charge >= 0.3 is 0 Å². The Morgan fingerprint density at radius 2 is 1.74 bits per heavy atom. The molecule has 1 heterocycles. The van der Waals surface area contributed by atoms with Crippen LogP contribution in [0.4, 0.5) is 0 Å². The first-order valence-corrected chi connectivity index (χ1v) is 9.01. The Bertz CT molecular complexity index is 632. The number of hydrogen-bond donors (Lipinski definition) is 0. The molecular weight excluding hydrogens is 306 g/mol. The van der Waals surface area contributed by atoms with Gasteiger partial charge < -0.3 is 9.57 Å². The van der Waals surface area contributed by atoms with Crippen LogP contribution in [0.1, 0.15) is 43.1 Å². The number of methoxy groups -OCH3 is 1. The summed E-state index contributed by atoms with van der Waals surface area (Å²) in [6, 6.07) is 8.24. The summed E-state index contributed by atoms with van der Waals surface area (Å²) in [5.41, 5.74) is 3.78. The predicted molar refractivity (Wildman–Crippen MR) is 96.8 cm³/mol. The van der Waals surface area contributed by atoms with E-state index in [9.17, 15) is 0 Å². The number of hydrogen-bond acceptors (Lipinski definition) is 3. The van der Waals surface area contributed by atoms with Gasteiger partial charge in [-0.3, -0.25) is 0 Å². The smallest absolute Gasteiger partial charge is 0.118 e. The highest BCUT2D eigenvalue weighted by atomic mass is 32.2. The van der Waals surface area contributed by atoms with Gasteiger partial charge in [0.15, 0.2) is 0 Å². The number of aromatic nitrogens is 1. The van der Waals surface area contributed by atoms with Crippen molar-refractivity contribution in [2.24, 2.45) is 0 Å². The molecule has 0 aliphatic carbocycles. The number of nitrogens with zero attached hydrogens (tertiary/aromatic N) is 1. The van der Waals surface area contributed by atoms with Crippen molar-refractivity contribution in [3.8, 4) is 5.75 Å². The van der Waals surface area contributed by atoms with E-state index in [0.717, 1.165) is 12.2 Å². The third-order valence-corrected chi connectivity index (χ3v) is 5.43. The molecule has 0 unspecified atom stereocenters. The van der Waals surface area contributed by atoms with Crippen LogP contribution in [0.3, 0.4) is 0 Å². The lowest BCUT2D eigenvalue weighted by atomic mass is 10.1. The zero-order valence-electron chi connectivity index (χ0n) is 14.8. The molecule has 0 saturated carbocycles. The van der Waals surface area contributed by atoms with E-state index in [2.05, 4.69) is 32.9 Å². The maximum Gasteiger partial charge on any atom is 0.118 e. The van der Waals surface area contributed by atoms with E-state index < -0.39 is 0 Å². The standard InChI is InChI=1S/C19H27NO2S/c1-6-7-8-9-18-19(14(2)15(3)20(18)22-5)23-17-12-10-16(21-4)11-13-17/h10-13H,6-9H2,1-5H3. The molecule has 0 radical (unpaired) electrons. The number of unbranched alkanes of at least 4 members (excludes halogenated alkanes) is 2. The van der Waals surface area contributed by atoms with Crippen LogP contribution in [-0.2, 0) is 6.42 Å². The maximum absolute atomic E-state index is 5.63. The molecular formula is C19H27NO2S. The predicted octanol–water partition coefficient (Wildman–Crippen LogP) is 5.06. The van der Waals surface area contributed by atoms with Crippen LogP contribution in [0.2, 0.25) is 0 Å². The second kappa shape index (κ2) is 8.34.